The standard InChI is InChI=1S/C11H24N2S/c1-5-6-7-8-9-12-10(14)13-11(2,3)4/h5-9H2,1-4H3,(H2,12,13,14). The van der Waals surface area contributed by atoms with Gasteiger partial charge in [0.2, 0.25) is 0 Å². The first kappa shape index (κ1) is 13.7. The van der Waals surface area contributed by atoms with Crippen LogP contribution < -0.4 is 10.6 Å². The maximum absolute atomic E-state index is 5.16. The average Bonchev–Trinajstić information content (AvgIpc) is 2.00. The lowest BCUT2D eigenvalue weighted by atomic mass is 10.1. The van der Waals surface area contributed by atoms with Gasteiger partial charge >= 0.3 is 0 Å². The molecular formula is C11H24N2S. The summed E-state index contributed by atoms with van der Waals surface area (Å²) in [7, 11) is 0. The molecule has 0 unspecified atom stereocenters. The molecule has 0 atom stereocenters. The molecule has 0 spiro atoms. The van der Waals surface area contributed by atoms with Crippen molar-refractivity contribution in [2.45, 2.75) is 58.9 Å². The smallest absolute Gasteiger partial charge is 0.166 e. The molecule has 0 aliphatic rings. The number of thiocarbonyl (C=S) groups is 1. The van der Waals surface area contributed by atoms with Gasteiger partial charge in [-0.05, 0) is 39.4 Å². The number of hydrogen-bond acceptors (Lipinski definition) is 1. The summed E-state index contributed by atoms with van der Waals surface area (Å²) in [6, 6.07) is 0. The number of hydrogen-bond donors (Lipinski definition) is 2. The molecule has 0 heterocycles. The fourth-order valence-corrected chi connectivity index (χ4v) is 1.55. The predicted octanol–water partition coefficient (Wildman–Crippen LogP) is 2.83. The van der Waals surface area contributed by atoms with E-state index in [0.29, 0.717) is 0 Å². The third-order valence-corrected chi connectivity index (χ3v) is 2.05. The van der Waals surface area contributed by atoms with Gasteiger partial charge in [0.25, 0.3) is 0 Å². The number of nitrogens with one attached hydrogen (secondary N) is 2. The molecule has 0 rings (SSSR count). The monoisotopic (exact) mass is 216 g/mol. The van der Waals surface area contributed by atoms with Crippen LogP contribution in [0.2, 0.25) is 0 Å². The van der Waals surface area contributed by atoms with Crippen molar-refractivity contribution < 1.29 is 0 Å². The summed E-state index contributed by atoms with van der Waals surface area (Å²) < 4.78 is 0. The molecule has 2 nitrogen and oxygen atoms in total. The molecule has 84 valence electrons. The van der Waals surface area contributed by atoms with Crippen LogP contribution in [-0.2, 0) is 0 Å². The Hall–Kier alpha value is -0.310. The summed E-state index contributed by atoms with van der Waals surface area (Å²) in [6.45, 7) is 9.54. The first-order chi connectivity index (χ1) is 6.45. The Morgan fingerprint density at radius 1 is 1.14 bits per heavy atom. The third-order valence-electron chi connectivity index (χ3n) is 1.80. The fourth-order valence-electron chi connectivity index (χ4n) is 1.14. The van der Waals surface area contributed by atoms with Gasteiger partial charge < -0.3 is 10.6 Å². The van der Waals surface area contributed by atoms with E-state index in [1.807, 2.05) is 0 Å². The normalized spacial score (nSPS) is 11.1. The van der Waals surface area contributed by atoms with Gasteiger partial charge in [-0.2, -0.15) is 0 Å². The van der Waals surface area contributed by atoms with Crippen molar-refractivity contribution >= 4 is 17.3 Å². The van der Waals surface area contributed by atoms with Crippen LogP contribution in [0.1, 0.15) is 53.4 Å². The van der Waals surface area contributed by atoms with Gasteiger partial charge in [0.05, 0.1) is 0 Å². The molecule has 0 aliphatic carbocycles. The maximum atomic E-state index is 5.16. The first-order valence-corrected chi connectivity index (χ1v) is 5.92. The SMILES string of the molecule is CCCCCCNC(=S)NC(C)(C)C. The highest BCUT2D eigenvalue weighted by molar-refractivity contribution is 7.80. The second-order valence-corrected chi connectivity index (χ2v) is 5.10. The molecule has 0 aromatic carbocycles. The van der Waals surface area contributed by atoms with E-state index in [9.17, 15) is 0 Å². The van der Waals surface area contributed by atoms with Crippen LogP contribution >= 0.6 is 12.2 Å². The lowest BCUT2D eigenvalue weighted by Gasteiger charge is -2.23. The van der Waals surface area contributed by atoms with Crippen molar-refractivity contribution in [3.63, 3.8) is 0 Å². The van der Waals surface area contributed by atoms with Gasteiger partial charge in [-0.1, -0.05) is 26.2 Å². The molecule has 3 heteroatoms. The largest absolute Gasteiger partial charge is 0.363 e. The molecule has 0 saturated heterocycles. The molecule has 0 bridgehead atoms. The Balaban J connectivity index is 3.36. The Morgan fingerprint density at radius 2 is 1.79 bits per heavy atom. The fraction of sp³-hybridized carbons (Fsp3) is 0.909. The molecule has 2 N–H and O–H groups in total. The van der Waals surface area contributed by atoms with Gasteiger partial charge in [-0.3, -0.25) is 0 Å². The third kappa shape index (κ3) is 9.78. The average molecular weight is 216 g/mol. The zero-order valence-corrected chi connectivity index (χ0v) is 10.8. The van der Waals surface area contributed by atoms with Gasteiger partial charge in [-0.25, -0.2) is 0 Å². The highest BCUT2D eigenvalue weighted by Gasteiger charge is 2.09. The van der Waals surface area contributed by atoms with E-state index in [-0.39, 0.29) is 5.54 Å². The van der Waals surface area contributed by atoms with E-state index >= 15 is 0 Å². The molecule has 0 aromatic rings. The molecule has 0 saturated carbocycles. The minimum Gasteiger partial charge on any atom is -0.363 e. The lowest BCUT2D eigenvalue weighted by Crippen LogP contribution is -2.46. The molecule has 0 aromatic heterocycles. The van der Waals surface area contributed by atoms with E-state index in [1.54, 1.807) is 0 Å². The van der Waals surface area contributed by atoms with Gasteiger partial charge in [0, 0.05) is 12.1 Å². The molecule has 0 fully saturated rings. The number of rotatable bonds is 5. The van der Waals surface area contributed by atoms with E-state index in [2.05, 4.69) is 38.3 Å². The van der Waals surface area contributed by atoms with Crippen LogP contribution in [0, 0.1) is 0 Å². The van der Waals surface area contributed by atoms with E-state index in [1.165, 1.54) is 25.7 Å². The summed E-state index contributed by atoms with van der Waals surface area (Å²) in [5.74, 6) is 0. The van der Waals surface area contributed by atoms with Crippen molar-refractivity contribution in [1.82, 2.24) is 10.6 Å². The highest BCUT2D eigenvalue weighted by atomic mass is 32.1. The van der Waals surface area contributed by atoms with Crippen LogP contribution in [0.25, 0.3) is 0 Å². The molecule has 0 amide bonds. The van der Waals surface area contributed by atoms with Gasteiger partial charge in [0.15, 0.2) is 5.11 Å². The van der Waals surface area contributed by atoms with Crippen LogP contribution in [0.3, 0.4) is 0 Å². The molecular weight excluding hydrogens is 192 g/mol. The van der Waals surface area contributed by atoms with Crippen molar-refractivity contribution in [3.8, 4) is 0 Å². The first-order valence-electron chi connectivity index (χ1n) is 5.51. The van der Waals surface area contributed by atoms with Crippen molar-refractivity contribution in [2.75, 3.05) is 6.54 Å². The zero-order chi connectivity index (χ0) is 11.0. The second-order valence-electron chi connectivity index (χ2n) is 4.69. The van der Waals surface area contributed by atoms with Crippen molar-refractivity contribution in [3.05, 3.63) is 0 Å². The van der Waals surface area contributed by atoms with Gasteiger partial charge in [0.1, 0.15) is 0 Å². The Kier molecular flexibility index (Phi) is 6.89. The summed E-state index contributed by atoms with van der Waals surface area (Å²) in [6.07, 6.45) is 5.10. The quantitative estimate of drug-likeness (QED) is 0.546. The lowest BCUT2D eigenvalue weighted by molar-refractivity contribution is 0.505. The molecule has 0 aliphatic heterocycles. The van der Waals surface area contributed by atoms with E-state index in [0.717, 1.165) is 11.7 Å². The van der Waals surface area contributed by atoms with E-state index in [4.69, 9.17) is 12.2 Å². The van der Waals surface area contributed by atoms with Crippen LogP contribution in [0.4, 0.5) is 0 Å². The van der Waals surface area contributed by atoms with E-state index < -0.39 is 0 Å². The Labute approximate surface area is 93.8 Å². The summed E-state index contributed by atoms with van der Waals surface area (Å²) in [5.41, 5.74) is 0.0630. The second kappa shape index (κ2) is 7.04. The van der Waals surface area contributed by atoms with Crippen LogP contribution in [-0.4, -0.2) is 17.2 Å². The topological polar surface area (TPSA) is 24.1 Å². The predicted molar refractivity (Wildman–Crippen MR) is 67.6 cm³/mol. The maximum Gasteiger partial charge on any atom is 0.166 e. The van der Waals surface area contributed by atoms with Gasteiger partial charge in [-0.15, -0.1) is 0 Å². The number of unbranched alkanes of at least 4 members (excludes halogenated alkanes) is 3. The zero-order valence-electron chi connectivity index (χ0n) is 9.94. The summed E-state index contributed by atoms with van der Waals surface area (Å²) in [5, 5.41) is 7.22. The van der Waals surface area contributed by atoms with Crippen LogP contribution in [0.15, 0.2) is 0 Å². The minimum absolute atomic E-state index is 0.0630. The molecule has 14 heavy (non-hydrogen) atoms. The highest BCUT2D eigenvalue weighted by Crippen LogP contribution is 1.99. The minimum atomic E-state index is 0.0630. The Morgan fingerprint density at radius 3 is 2.29 bits per heavy atom. The molecule has 0 radical (unpaired) electrons. The van der Waals surface area contributed by atoms with Crippen molar-refractivity contribution in [2.24, 2.45) is 0 Å². The summed E-state index contributed by atoms with van der Waals surface area (Å²) >= 11 is 5.16. The Bertz CT molecular complexity index is 161. The summed E-state index contributed by atoms with van der Waals surface area (Å²) in [4.78, 5) is 0. The van der Waals surface area contributed by atoms with Crippen molar-refractivity contribution in [1.29, 1.82) is 0 Å². The van der Waals surface area contributed by atoms with Crippen LogP contribution in [0.5, 0.6) is 0 Å².